The van der Waals surface area contributed by atoms with Crippen LogP contribution in [-0.4, -0.2) is 22.4 Å². The van der Waals surface area contributed by atoms with E-state index in [4.69, 9.17) is 4.74 Å². The molecule has 1 aliphatic heterocycles. The van der Waals surface area contributed by atoms with Gasteiger partial charge in [-0.05, 0) is 84.3 Å². The first-order valence-electron chi connectivity index (χ1n) is 15.8. The van der Waals surface area contributed by atoms with Crippen molar-refractivity contribution in [2.75, 3.05) is 0 Å². The van der Waals surface area contributed by atoms with E-state index in [2.05, 4.69) is 154 Å². The standard InChI is InChI=1S/C40H56O2/c1-30(18-13-20-32(3)23-24-36-34(5)22-15-26-37(36,6)7)16-11-12-17-31(2)19-14-21-33(4)25-27-40-38(8,9)28-35(41)29-39(40,10)42-40/h11-14,16-21,23-25,27,35,41H,15,22,26,28-29H2,1-10H3/b12-11+,18-13+,19-14-,24-23+,27-25+,30-16+,31-17+,32-20+,33-21-/t35-,39+,40-/m0/s1. The Hall–Kier alpha value is -2.68. The van der Waals surface area contributed by atoms with Crippen molar-refractivity contribution in [1.29, 1.82) is 0 Å². The van der Waals surface area contributed by atoms with Gasteiger partial charge in [0.15, 0.2) is 0 Å². The quantitative estimate of drug-likeness (QED) is 0.210. The van der Waals surface area contributed by atoms with Crippen LogP contribution in [0.1, 0.15) is 101 Å². The van der Waals surface area contributed by atoms with Gasteiger partial charge in [0.25, 0.3) is 0 Å². The van der Waals surface area contributed by atoms with E-state index >= 15 is 0 Å². The lowest BCUT2D eigenvalue weighted by molar-refractivity contribution is 0.0515. The second-order valence-electron chi connectivity index (χ2n) is 14.4. The molecule has 1 heterocycles. The van der Waals surface area contributed by atoms with Crippen molar-refractivity contribution in [3.63, 3.8) is 0 Å². The third-order valence-corrected chi connectivity index (χ3v) is 9.41. The molecule has 2 aliphatic carbocycles. The van der Waals surface area contributed by atoms with E-state index in [9.17, 15) is 5.11 Å². The van der Waals surface area contributed by atoms with E-state index in [1.54, 1.807) is 0 Å². The highest BCUT2D eigenvalue weighted by Crippen LogP contribution is 2.66. The zero-order valence-corrected chi connectivity index (χ0v) is 28.1. The summed E-state index contributed by atoms with van der Waals surface area (Å²) in [6.45, 7) is 22.1. The van der Waals surface area contributed by atoms with Crippen LogP contribution < -0.4 is 0 Å². The van der Waals surface area contributed by atoms with Crippen molar-refractivity contribution in [2.45, 2.75) is 119 Å². The Bertz CT molecular complexity index is 1300. The molecule has 3 aliphatic rings. The number of rotatable bonds is 10. The smallest absolute Gasteiger partial charge is 0.121 e. The second kappa shape index (κ2) is 13.7. The third-order valence-electron chi connectivity index (χ3n) is 9.41. The molecular weight excluding hydrogens is 512 g/mol. The molecule has 228 valence electrons. The normalized spacial score (nSPS) is 31.0. The van der Waals surface area contributed by atoms with Gasteiger partial charge < -0.3 is 9.84 Å². The Morgan fingerprint density at radius 2 is 1.26 bits per heavy atom. The Morgan fingerprint density at radius 3 is 1.81 bits per heavy atom. The SMILES string of the molecule is CC1=C(/C=C/C(C)=C/C=C/C(C)=C/C=C/C=C(C)/C=C\C=C(C)/C=C/[C@@]23O[C@]2(C)C[C@@H](O)CC3(C)C)C(C)(C)CCC1. The minimum absolute atomic E-state index is 0.0868. The molecule has 1 saturated carbocycles. The number of epoxide rings is 1. The molecule has 3 atom stereocenters. The van der Waals surface area contributed by atoms with E-state index in [0.29, 0.717) is 6.42 Å². The molecular formula is C40H56O2. The maximum Gasteiger partial charge on any atom is 0.121 e. The van der Waals surface area contributed by atoms with Crippen LogP contribution in [0.2, 0.25) is 0 Å². The minimum atomic E-state index is -0.283. The highest BCUT2D eigenvalue weighted by molar-refractivity contribution is 5.38. The van der Waals surface area contributed by atoms with Crippen molar-refractivity contribution in [3.05, 3.63) is 119 Å². The van der Waals surface area contributed by atoms with Gasteiger partial charge in [-0.25, -0.2) is 0 Å². The Labute approximate surface area is 257 Å². The Kier molecular flexibility index (Phi) is 11.1. The first-order chi connectivity index (χ1) is 19.6. The fourth-order valence-corrected chi connectivity index (χ4v) is 6.89. The summed E-state index contributed by atoms with van der Waals surface area (Å²) in [5.74, 6) is 0. The number of allylic oxidation sites excluding steroid dienone is 19. The summed E-state index contributed by atoms with van der Waals surface area (Å²) in [5.41, 5.74) is 7.55. The van der Waals surface area contributed by atoms with E-state index in [1.807, 2.05) is 0 Å². The summed E-state index contributed by atoms with van der Waals surface area (Å²) in [4.78, 5) is 0. The second-order valence-corrected chi connectivity index (χ2v) is 14.4. The monoisotopic (exact) mass is 568 g/mol. The topological polar surface area (TPSA) is 32.8 Å². The fraction of sp³-hybridized carbons (Fsp3) is 0.500. The molecule has 0 unspecified atom stereocenters. The van der Waals surface area contributed by atoms with Crippen LogP contribution in [0.15, 0.2) is 119 Å². The van der Waals surface area contributed by atoms with Crippen molar-refractivity contribution in [3.8, 4) is 0 Å². The molecule has 0 radical (unpaired) electrons. The Morgan fingerprint density at radius 1 is 0.738 bits per heavy atom. The molecule has 2 fully saturated rings. The summed E-state index contributed by atoms with van der Waals surface area (Å²) >= 11 is 0. The molecule has 0 amide bonds. The van der Waals surface area contributed by atoms with Gasteiger partial charge >= 0.3 is 0 Å². The van der Waals surface area contributed by atoms with Crippen LogP contribution in [0, 0.1) is 10.8 Å². The lowest BCUT2D eigenvalue weighted by atomic mass is 9.63. The summed E-state index contributed by atoms with van der Waals surface area (Å²) in [5, 5.41) is 10.2. The van der Waals surface area contributed by atoms with Crippen molar-refractivity contribution < 1.29 is 9.84 Å². The molecule has 1 N–H and O–H groups in total. The summed E-state index contributed by atoms with van der Waals surface area (Å²) in [6, 6.07) is 0. The highest BCUT2D eigenvalue weighted by atomic mass is 16.6. The third kappa shape index (κ3) is 8.45. The van der Waals surface area contributed by atoms with Crippen LogP contribution in [-0.2, 0) is 4.74 Å². The molecule has 2 heteroatoms. The van der Waals surface area contributed by atoms with Crippen molar-refractivity contribution in [2.24, 2.45) is 10.8 Å². The lowest BCUT2D eigenvalue weighted by Gasteiger charge is -2.39. The first kappa shape index (κ1) is 33.8. The van der Waals surface area contributed by atoms with Gasteiger partial charge in [0.2, 0.25) is 0 Å². The van der Waals surface area contributed by atoms with Gasteiger partial charge in [-0.15, -0.1) is 0 Å². The first-order valence-corrected chi connectivity index (χ1v) is 15.8. The van der Waals surface area contributed by atoms with Crippen LogP contribution in [0.4, 0.5) is 0 Å². The molecule has 0 aromatic rings. The molecule has 3 rings (SSSR count). The number of hydrogen-bond donors (Lipinski definition) is 1. The number of aliphatic hydroxyl groups is 1. The molecule has 2 nitrogen and oxygen atoms in total. The minimum Gasteiger partial charge on any atom is -0.393 e. The summed E-state index contributed by atoms with van der Waals surface area (Å²) < 4.78 is 6.25. The molecule has 0 bridgehead atoms. The number of aliphatic hydroxyl groups excluding tert-OH is 1. The lowest BCUT2D eigenvalue weighted by Crippen LogP contribution is -2.46. The molecule has 0 spiro atoms. The average molecular weight is 569 g/mol. The van der Waals surface area contributed by atoms with E-state index < -0.39 is 0 Å². The van der Waals surface area contributed by atoms with E-state index in [1.165, 1.54) is 52.7 Å². The summed E-state index contributed by atoms with van der Waals surface area (Å²) in [6.07, 6.45) is 35.2. The van der Waals surface area contributed by atoms with Gasteiger partial charge in [0, 0.05) is 11.8 Å². The van der Waals surface area contributed by atoms with Gasteiger partial charge in [-0.1, -0.05) is 135 Å². The van der Waals surface area contributed by atoms with Gasteiger partial charge in [0.1, 0.15) is 11.2 Å². The maximum atomic E-state index is 10.2. The van der Waals surface area contributed by atoms with Crippen LogP contribution in [0.25, 0.3) is 0 Å². The van der Waals surface area contributed by atoms with Crippen LogP contribution in [0.5, 0.6) is 0 Å². The van der Waals surface area contributed by atoms with Gasteiger partial charge in [-0.3, -0.25) is 0 Å². The molecule has 0 aromatic heterocycles. The average Bonchev–Trinajstić information content (AvgIpc) is 3.50. The number of ether oxygens (including phenoxy) is 1. The predicted molar refractivity (Wildman–Crippen MR) is 182 cm³/mol. The zero-order valence-electron chi connectivity index (χ0n) is 28.1. The van der Waals surface area contributed by atoms with Crippen LogP contribution >= 0.6 is 0 Å². The van der Waals surface area contributed by atoms with Crippen molar-refractivity contribution >= 4 is 0 Å². The number of hydrogen-bond acceptors (Lipinski definition) is 2. The van der Waals surface area contributed by atoms with E-state index in [-0.39, 0.29) is 28.1 Å². The van der Waals surface area contributed by atoms with E-state index in [0.717, 1.165) is 6.42 Å². The fourth-order valence-electron chi connectivity index (χ4n) is 6.89. The summed E-state index contributed by atoms with van der Waals surface area (Å²) in [7, 11) is 0. The molecule has 42 heavy (non-hydrogen) atoms. The number of fused-ring (bicyclic) bond motifs is 1. The van der Waals surface area contributed by atoms with Crippen molar-refractivity contribution in [1.82, 2.24) is 0 Å². The van der Waals surface area contributed by atoms with Gasteiger partial charge in [0.05, 0.1) is 6.10 Å². The Balaban J connectivity index is 1.49. The largest absolute Gasteiger partial charge is 0.393 e. The van der Waals surface area contributed by atoms with Gasteiger partial charge in [-0.2, -0.15) is 0 Å². The highest BCUT2D eigenvalue weighted by Gasteiger charge is 2.74. The zero-order chi connectivity index (χ0) is 31.2. The molecule has 0 aromatic carbocycles. The maximum absolute atomic E-state index is 10.2. The molecule has 1 saturated heterocycles. The predicted octanol–water partition coefficient (Wildman–Crippen LogP) is 10.8. The van der Waals surface area contributed by atoms with Crippen LogP contribution in [0.3, 0.4) is 0 Å².